The van der Waals surface area contributed by atoms with Gasteiger partial charge >= 0.3 is 0 Å². The smallest absolute Gasteiger partial charge is 0.0725 e. The number of ether oxygens (including phenoxy) is 1. The van der Waals surface area contributed by atoms with Crippen LogP contribution in [0.1, 0.15) is 49.8 Å². The molecule has 0 radical (unpaired) electrons. The van der Waals surface area contributed by atoms with Crippen molar-refractivity contribution in [2.45, 2.75) is 52.7 Å². The molecular weight excluding hydrogens is 234 g/mol. The van der Waals surface area contributed by atoms with E-state index in [1.165, 1.54) is 42.4 Å². The highest BCUT2D eigenvalue weighted by Gasteiger charge is 2.11. The Labute approximate surface area is 117 Å². The van der Waals surface area contributed by atoms with Crippen molar-refractivity contribution in [3.05, 3.63) is 34.9 Å². The normalized spacial score (nSPS) is 15.5. The van der Waals surface area contributed by atoms with Gasteiger partial charge in [-0.25, -0.2) is 0 Å². The molecule has 2 nitrogen and oxygen atoms in total. The van der Waals surface area contributed by atoms with Gasteiger partial charge in [0.05, 0.1) is 13.2 Å². The maximum atomic E-state index is 5.46. The summed E-state index contributed by atoms with van der Waals surface area (Å²) in [6, 6.07) is 6.85. The molecule has 0 amide bonds. The molecule has 1 aromatic carbocycles. The van der Waals surface area contributed by atoms with Crippen LogP contribution in [0.25, 0.3) is 0 Å². The van der Waals surface area contributed by atoms with Crippen molar-refractivity contribution in [2.24, 2.45) is 5.92 Å². The lowest BCUT2D eigenvalue weighted by molar-refractivity contribution is 0.134. The lowest BCUT2D eigenvalue weighted by Crippen LogP contribution is -2.18. The van der Waals surface area contributed by atoms with Gasteiger partial charge in [-0.3, -0.25) is 0 Å². The average Bonchev–Trinajstić information content (AvgIpc) is 2.89. The summed E-state index contributed by atoms with van der Waals surface area (Å²) < 4.78 is 5.46. The van der Waals surface area contributed by atoms with Gasteiger partial charge in [-0.2, -0.15) is 0 Å². The molecule has 1 aliphatic rings. The second kappa shape index (κ2) is 7.66. The average molecular weight is 261 g/mol. The third-order valence-corrected chi connectivity index (χ3v) is 3.95. The summed E-state index contributed by atoms with van der Waals surface area (Å²) in [6.07, 6.45) is 5.00. The van der Waals surface area contributed by atoms with Gasteiger partial charge in [0.25, 0.3) is 0 Å². The fourth-order valence-electron chi connectivity index (χ4n) is 2.59. The van der Waals surface area contributed by atoms with E-state index in [4.69, 9.17) is 4.74 Å². The molecule has 1 N–H and O–H groups in total. The second-order valence-electron chi connectivity index (χ2n) is 5.78. The van der Waals surface area contributed by atoms with Crippen LogP contribution in [0.5, 0.6) is 0 Å². The molecule has 1 atom stereocenters. The van der Waals surface area contributed by atoms with Gasteiger partial charge in [-0.1, -0.05) is 32.0 Å². The molecule has 0 aromatic heterocycles. The van der Waals surface area contributed by atoms with Gasteiger partial charge in [0.2, 0.25) is 0 Å². The van der Waals surface area contributed by atoms with Crippen molar-refractivity contribution >= 4 is 0 Å². The Hall–Kier alpha value is -0.860. The number of rotatable bonds is 8. The van der Waals surface area contributed by atoms with Gasteiger partial charge in [0.15, 0.2) is 0 Å². The molecule has 19 heavy (non-hydrogen) atoms. The summed E-state index contributed by atoms with van der Waals surface area (Å²) in [5.41, 5.74) is 4.24. The van der Waals surface area contributed by atoms with E-state index in [1.54, 1.807) is 0 Å². The minimum Gasteiger partial charge on any atom is -0.372 e. The van der Waals surface area contributed by atoms with Gasteiger partial charge in [0, 0.05) is 0 Å². The number of aryl methyl sites for hydroxylation is 1. The number of fused-ring (bicyclic) bond motifs is 1. The van der Waals surface area contributed by atoms with Gasteiger partial charge < -0.3 is 10.1 Å². The van der Waals surface area contributed by atoms with Crippen LogP contribution >= 0.6 is 0 Å². The van der Waals surface area contributed by atoms with Crippen LogP contribution in [0.2, 0.25) is 0 Å². The number of benzene rings is 1. The van der Waals surface area contributed by atoms with Crippen molar-refractivity contribution in [1.82, 2.24) is 5.32 Å². The molecule has 2 rings (SSSR count). The summed E-state index contributed by atoms with van der Waals surface area (Å²) >= 11 is 0. The molecule has 106 valence electrons. The van der Waals surface area contributed by atoms with E-state index in [0.29, 0.717) is 0 Å². The third kappa shape index (κ3) is 4.63. The van der Waals surface area contributed by atoms with E-state index in [2.05, 4.69) is 37.4 Å². The first-order valence-electron chi connectivity index (χ1n) is 7.68. The highest BCUT2D eigenvalue weighted by Crippen LogP contribution is 2.22. The van der Waals surface area contributed by atoms with Gasteiger partial charge in [-0.05, 0) is 61.4 Å². The topological polar surface area (TPSA) is 21.3 Å². The second-order valence-corrected chi connectivity index (χ2v) is 5.78. The summed E-state index contributed by atoms with van der Waals surface area (Å²) in [7, 11) is 0. The highest BCUT2D eigenvalue weighted by molar-refractivity contribution is 5.33. The molecule has 0 aliphatic carbocycles. The van der Waals surface area contributed by atoms with Crippen LogP contribution in [-0.4, -0.2) is 13.1 Å². The number of hydrogen-bond acceptors (Lipinski definition) is 2. The summed E-state index contributed by atoms with van der Waals surface area (Å²) in [5, 5.41) is 3.48. The van der Waals surface area contributed by atoms with Crippen LogP contribution in [0.15, 0.2) is 18.2 Å². The lowest BCUT2D eigenvalue weighted by atomic mass is 9.96. The van der Waals surface area contributed by atoms with E-state index in [1.807, 2.05) is 0 Å². The molecule has 1 aliphatic heterocycles. The molecule has 0 bridgehead atoms. The minimum absolute atomic E-state index is 0.800. The fourth-order valence-corrected chi connectivity index (χ4v) is 2.59. The molecule has 0 spiro atoms. The minimum atomic E-state index is 0.800. The van der Waals surface area contributed by atoms with Gasteiger partial charge in [-0.15, -0.1) is 0 Å². The SMILES string of the molecule is CCCNCCC(C)CCc1ccc2c(c1)COC2. The van der Waals surface area contributed by atoms with Crippen molar-refractivity contribution in [3.8, 4) is 0 Å². The summed E-state index contributed by atoms with van der Waals surface area (Å²) in [5.74, 6) is 0.800. The van der Waals surface area contributed by atoms with Gasteiger partial charge in [0.1, 0.15) is 0 Å². The van der Waals surface area contributed by atoms with E-state index < -0.39 is 0 Å². The first kappa shape index (κ1) is 14.5. The Morgan fingerprint density at radius 3 is 2.84 bits per heavy atom. The largest absolute Gasteiger partial charge is 0.372 e. The van der Waals surface area contributed by atoms with Crippen LogP contribution in [0.4, 0.5) is 0 Å². The Kier molecular flexibility index (Phi) is 5.87. The molecule has 1 heterocycles. The Bertz CT molecular complexity index is 389. The van der Waals surface area contributed by atoms with E-state index >= 15 is 0 Å². The first-order chi connectivity index (χ1) is 9.29. The molecular formula is C17H27NO. The zero-order chi connectivity index (χ0) is 13.5. The number of hydrogen-bond donors (Lipinski definition) is 1. The molecule has 1 unspecified atom stereocenters. The number of nitrogens with one attached hydrogen (secondary N) is 1. The quantitative estimate of drug-likeness (QED) is 0.721. The monoisotopic (exact) mass is 261 g/mol. The van der Waals surface area contributed by atoms with Crippen molar-refractivity contribution in [1.29, 1.82) is 0 Å². The van der Waals surface area contributed by atoms with Crippen LogP contribution in [0.3, 0.4) is 0 Å². The van der Waals surface area contributed by atoms with Crippen LogP contribution in [-0.2, 0) is 24.4 Å². The molecule has 0 fully saturated rings. The van der Waals surface area contributed by atoms with E-state index in [9.17, 15) is 0 Å². The predicted molar refractivity (Wildman–Crippen MR) is 80.2 cm³/mol. The van der Waals surface area contributed by atoms with Crippen molar-refractivity contribution in [3.63, 3.8) is 0 Å². The lowest BCUT2D eigenvalue weighted by Gasteiger charge is -2.12. The van der Waals surface area contributed by atoms with E-state index in [-0.39, 0.29) is 0 Å². The van der Waals surface area contributed by atoms with Crippen LogP contribution < -0.4 is 5.32 Å². The summed E-state index contributed by atoms with van der Waals surface area (Å²) in [4.78, 5) is 0. The Morgan fingerprint density at radius 2 is 2.00 bits per heavy atom. The zero-order valence-corrected chi connectivity index (χ0v) is 12.4. The molecule has 0 saturated carbocycles. The molecule has 2 heteroatoms. The molecule has 1 aromatic rings. The first-order valence-corrected chi connectivity index (χ1v) is 7.68. The maximum absolute atomic E-state index is 5.46. The standard InChI is InChI=1S/C17H27NO/c1-3-9-18-10-8-14(2)4-5-15-6-7-16-12-19-13-17(16)11-15/h6-7,11,14,18H,3-5,8-10,12-13H2,1-2H3. The Balaban J connectivity index is 1.70. The third-order valence-electron chi connectivity index (χ3n) is 3.95. The Morgan fingerprint density at radius 1 is 1.16 bits per heavy atom. The van der Waals surface area contributed by atoms with E-state index in [0.717, 1.165) is 32.2 Å². The molecule has 0 saturated heterocycles. The van der Waals surface area contributed by atoms with Crippen molar-refractivity contribution in [2.75, 3.05) is 13.1 Å². The predicted octanol–water partition coefficient (Wildman–Crippen LogP) is 3.68. The fraction of sp³-hybridized carbons (Fsp3) is 0.647. The summed E-state index contributed by atoms with van der Waals surface area (Å²) in [6.45, 7) is 8.50. The maximum Gasteiger partial charge on any atom is 0.0725 e. The van der Waals surface area contributed by atoms with Crippen LogP contribution in [0, 0.1) is 5.92 Å². The zero-order valence-electron chi connectivity index (χ0n) is 12.4. The van der Waals surface area contributed by atoms with Crippen molar-refractivity contribution < 1.29 is 4.74 Å². The highest BCUT2D eigenvalue weighted by atomic mass is 16.5.